The van der Waals surface area contributed by atoms with Gasteiger partial charge in [-0.05, 0) is 49.4 Å². The van der Waals surface area contributed by atoms with Gasteiger partial charge in [-0.15, -0.1) is 0 Å². The first-order valence-electron chi connectivity index (χ1n) is 7.46. The fraction of sp³-hybridized carbons (Fsp3) is 0.562. The van der Waals surface area contributed by atoms with E-state index in [-0.39, 0.29) is 11.9 Å². The van der Waals surface area contributed by atoms with E-state index in [1.54, 1.807) is 0 Å². The highest BCUT2D eigenvalue weighted by molar-refractivity contribution is 5.94. The summed E-state index contributed by atoms with van der Waals surface area (Å²) >= 11 is 0. The minimum Gasteiger partial charge on any atom is -0.493 e. The first-order valence-corrected chi connectivity index (χ1v) is 7.46. The highest BCUT2D eigenvalue weighted by Crippen LogP contribution is 2.27. The Morgan fingerprint density at radius 1 is 1.50 bits per heavy atom. The number of nitrogens with two attached hydrogens (primary N) is 1. The van der Waals surface area contributed by atoms with Crippen LogP contribution in [-0.2, 0) is 6.42 Å². The second-order valence-electron chi connectivity index (χ2n) is 5.93. The molecule has 2 atom stereocenters. The molecule has 2 aliphatic heterocycles. The summed E-state index contributed by atoms with van der Waals surface area (Å²) in [4.78, 5) is 14.6. The number of piperidine rings is 1. The average Bonchev–Trinajstić information content (AvgIpc) is 2.94. The molecule has 0 unspecified atom stereocenters. The minimum absolute atomic E-state index is 0.130. The van der Waals surface area contributed by atoms with Crippen molar-refractivity contribution in [1.29, 1.82) is 0 Å². The largest absolute Gasteiger partial charge is 0.493 e. The monoisotopic (exact) mass is 274 g/mol. The quantitative estimate of drug-likeness (QED) is 0.895. The number of benzene rings is 1. The van der Waals surface area contributed by atoms with Crippen molar-refractivity contribution in [2.45, 2.75) is 32.2 Å². The number of carbonyl (C=O) groups is 1. The number of hydrogen-bond acceptors (Lipinski definition) is 3. The maximum atomic E-state index is 12.6. The zero-order chi connectivity index (χ0) is 14.1. The van der Waals surface area contributed by atoms with Crippen molar-refractivity contribution in [2.75, 3.05) is 19.7 Å². The van der Waals surface area contributed by atoms with E-state index < -0.39 is 0 Å². The Balaban J connectivity index is 1.75. The van der Waals surface area contributed by atoms with E-state index in [9.17, 15) is 4.79 Å². The number of likely N-dealkylation sites (tertiary alicyclic amines) is 1. The van der Waals surface area contributed by atoms with Crippen LogP contribution in [0.3, 0.4) is 0 Å². The fourth-order valence-electron chi connectivity index (χ4n) is 3.13. The van der Waals surface area contributed by atoms with Crippen LogP contribution >= 0.6 is 0 Å². The van der Waals surface area contributed by atoms with Gasteiger partial charge in [-0.3, -0.25) is 4.79 Å². The summed E-state index contributed by atoms with van der Waals surface area (Å²) < 4.78 is 5.49. The van der Waals surface area contributed by atoms with E-state index >= 15 is 0 Å². The van der Waals surface area contributed by atoms with Gasteiger partial charge in [-0.25, -0.2) is 0 Å². The molecule has 1 fully saturated rings. The van der Waals surface area contributed by atoms with Gasteiger partial charge in [0, 0.05) is 31.1 Å². The summed E-state index contributed by atoms with van der Waals surface area (Å²) in [5.41, 5.74) is 7.91. The molecule has 0 spiro atoms. The van der Waals surface area contributed by atoms with E-state index in [0.717, 1.165) is 55.8 Å². The lowest BCUT2D eigenvalue weighted by atomic mass is 9.91. The van der Waals surface area contributed by atoms with Gasteiger partial charge in [0.05, 0.1) is 6.61 Å². The number of rotatable bonds is 2. The third-order valence-corrected chi connectivity index (χ3v) is 4.43. The predicted molar refractivity (Wildman–Crippen MR) is 77.9 cm³/mol. The Bertz CT molecular complexity index is 513. The lowest BCUT2D eigenvalue weighted by Gasteiger charge is -2.34. The van der Waals surface area contributed by atoms with Crippen LogP contribution in [0.15, 0.2) is 18.2 Å². The molecular weight excluding hydrogens is 252 g/mol. The molecule has 0 bridgehead atoms. The zero-order valence-electron chi connectivity index (χ0n) is 12.0. The minimum atomic E-state index is 0.130. The van der Waals surface area contributed by atoms with Crippen LogP contribution in [0, 0.1) is 5.92 Å². The molecule has 2 heterocycles. The molecule has 20 heavy (non-hydrogen) atoms. The van der Waals surface area contributed by atoms with Crippen molar-refractivity contribution < 1.29 is 9.53 Å². The third kappa shape index (κ3) is 2.52. The zero-order valence-corrected chi connectivity index (χ0v) is 12.0. The molecule has 1 aromatic rings. The molecule has 108 valence electrons. The second kappa shape index (κ2) is 5.44. The molecule has 2 aliphatic rings. The molecule has 0 radical (unpaired) electrons. The van der Waals surface area contributed by atoms with Gasteiger partial charge in [0.2, 0.25) is 0 Å². The van der Waals surface area contributed by atoms with Crippen LogP contribution in [0.5, 0.6) is 5.75 Å². The van der Waals surface area contributed by atoms with Gasteiger partial charge in [0.25, 0.3) is 5.91 Å². The summed E-state index contributed by atoms with van der Waals surface area (Å²) in [6.07, 6.45) is 3.07. The molecular formula is C16H22N2O2. The Kier molecular flexibility index (Phi) is 3.66. The Morgan fingerprint density at radius 3 is 3.15 bits per heavy atom. The van der Waals surface area contributed by atoms with E-state index in [0.29, 0.717) is 5.92 Å². The van der Waals surface area contributed by atoms with Crippen LogP contribution in [0.1, 0.15) is 35.7 Å². The standard InChI is InChI=1S/C16H22N2O2/c1-11(17)14-3-2-7-18(10-14)16(19)13-4-5-15-12(9-13)6-8-20-15/h4-5,9,11,14H,2-3,6-8,10,17H2,1H3/t11-,14+/m1/s1. The molecule has 1 amide bonds. The fourth-order valence-corrected chi connectivity index (χ4v) is 3.13. The van der Waals surface area contributed by atoms with Gasteiger partial charge in [0.15, 0.2) is 0 Å². The molecule has 4 nitrogen and oxygen atoms in total. The smallest absolute Gasteiger partial charge is 0.253 e. The number of ether oxygens (including phenoxy) is 1. The molecule has 0 aromatic heterocycles. The van der Waals surface area contributed by atoms with Crippen molar-refractivity contribution in [3.63, 3.8) is 0 Å². The molecule has 3 rings (SSSR count). The van der Waals surface area contributed by atoms with Crippen LogP contribution in [-0.4, -0.2) is 36.5 Å². The Labute approximate surface area is 119 Å². The molecule has 2 N–H and O–H groups in total. The maximum absolute atomic E-state index is 12.6. The van der Waals surface area contributed by atoms with Crippen molar-refractivity contribution in [1.82, 2.24) is 4.90 Å². The van der Waals surface area contributed by atoms with E-state index in [1.807, 2.05) is 30.0 Å². The number of hydrogen-bond donors (Lipinski definition) is 1. The summed E-state index contributed by atoms with van der Waals surface area (Å²) in [6, 6.07) is 5.93. The summed E-state index contributed by atoms with van der Waals surface area (Å²) in [5, 5.41) is 0. The predicted octanol–water partition coefficient (Wildman–Crippen LogP) is 1.82. The Morgan fingerprint density at radius 2 is 2.35 bits per heavy atom. The topological polar surface area (TPSA) is 55.6 Å². The average molecular weight is 274 g/mol. The van der Waals surface area contributed by atoms with Crippen LogP contribution in [0.25, 0.3) is 0 Å². The summed E-state index contributed by atoms with van der Waals surface area (Å²) in [6.45, 7) is 4.38. The SMILES string of the molecule is C[C@@H](N)[C@H]1CCCN(C(=O)c2ccc3c(c2)CCO3)C1. The van der Waals surface area contributed by atoms with Gasteiger partial charge < -0.3 is 15.4 Å². The summed E-state index contributed by atoms with van der Waals surface area (Å²) in [5.74, 6) is 1.48. The number of carbonyl (C=O) groups excluding carboxylic acids is 1. The normalized spacial score (nSPS) is 23.1. The van der Waals surface area contributed by atoms with Gasteiger partial charge in [0.1, 0.15) is 5.75 Å². The number of amides is 1. The van der Waals surface area contributed by atoms with Crippen molar-refractivity contribution >= 4 is 5.91 Å². The molecule has 0 saturated carbocycles. The number of fused-ring (bicyclic) bond motifs is 1. The third-order valence-electron chi connectivity index (χ3n) is 4.43. The maximum Gasteiger partial charge on any atom is 0.253 e. The lowest BCUT2D eigenvalue weighted by molar-refractivity contribution is 0.0661. The van der Waals surface area contributed by atoms with Gasteiger partial charge >= 0.3 is 0 Å². The Hall–Kier alpha value is -1.55. The molecule has 1 saturated heterocycles. The number of nitrogens with zero attached hydrogens (tertiary/aromatic N) is 1. The molecule has 1 aromatic carbocycles. The second-order valence-corrected chi connectivity index (χ2v) is 5.93. The van der Waals surface area contributed by atoms with E-state index in [2.05, 4.69) is 0 Å². The molecule has 0 aliphatic carbocycles. The first kappa shape index (κ1) is 13.4. The van der Waals surface area contributed by atoms with E-state index in [1.165, 1.54) is 0 Å². The highest BCUT2D eigenvalue weighted by Gasteiger charge is 2.27. The highest BCUT2D eigenvalue weighted by atomic mass is 16.5. The van der Waals surface area contributed by atoms with Crippen molar-refractivity contribution in [2.24, 2.45) is 11.7 Å². The molecule has 4 heteroatoms. The van der Waals surface area contributed by atoms with Crippen molar-refractivity contribution in [3.8, 4) is 5.75 Å². The van der Waals surface area contributed by atoms with Crippen LogP contribution < -0.4 is 10.5 Å². The first-order chi connectivity index (χ1) is 9.65. The van der Waals surface area contributed by atoms with Crippen LogP contribution in [0.4, 0.5) is 0 Å². The van der Waals surface area contributed by atoms with Gasteiger partial charge in [-0.2, -0.15) is 0 Å². The van der Waals surface area contributed by atoms with Crippen molar-refractivity contribution in [3.05, 3.63) is 29.3 Å². The lowest BCUT2D eigenvalue weighted by Crippen LogP contribution is -2.45. The summed E-state index contributed by atoms with van der Waals surface area (Å²) in [7, 11) is 0. The van der Waals surface area contributed by atoms with Crippen LogP contribution in [0.2, 0.25) is 0 Å². The van der Waals surface area contributed by atoms with Gasteiger partial charge in [-0.1, -0.05) is 0 Å². The van der Waals surface area contributed by atoms with E-state index in [4.69, 9.17) is 10.5 Å².